The van der Waals surface area contributed by atoms with E-state index in [2.05, 4.69) is 21.0 Å². The Morgan fingerprint density at radius 2 is 2.36 bits per heavy atom. The molecule has 0 aliphatic rings. The molecule has 0 saturated carbocycles. The molecule has 1 aromatic rings. The van der Waals surface area contributed by atoms with Gasteiger partial charge in [-0.2, -0.15) is 5.10 Å². The van der Waals surface area contributed by atoms with Crippen LogP contribution >= 0.6 is 15.9 Å². The summed E-state index contributed by atoms with van der Waals surface area (Å²) in [5.74, 6) is -0.282. The Kier molecular flexibility index (Phi) is 3.31. The van der Waals surface area contributed by atoms with Crippen LogP contribution in [0.2, 0.25) is 0 Å². The summed E-state index contributed by atoms with van der Waals surface area (Å²) < 4.78 is 7.24. The van der Waals surface area contributed by atoms with Crippen molar-refractivity contribution in [2.75, 3.05) is 6.61 Å². The lowest BCUT2D eigenvalue weighted by molar-refractivity contribution is -0.152. The molecule has 0 unspecified atom stereocenters. The third kappa shape index (κ3) is 2.15. The van der Waals surface area contributed by atoms with Crippen LogP contribution in [0.3, 0.4) is 0 Å². The van der Waals surface area contributed by atoms with Crippen molar-refractivity contribution in [3.05, 3.63) is 16.9 Å². The lowest BCUT2D eigenvalue weighted by atomic mass is 10.1. The average molecular weight is 261 g/mol. The van der Waals surface area contributed by atoms with E-state index in [9.17, 15) is 4.79 Å². The third-order valence-electron chi connectivity index (χ3n) is 1.90. The molecule has 0 aromatic carbocycles. The van der Waals surface area contributed by atoms with Crippen molar-refractivity contribution in [2.45, 2.75) is 26.3 Å². The molecule has 0 saturated heterocycles. The van der Waals surface area contributed by atoms with Gasteiger partial charge in [0.1, 0.15) is 4.60 Å². The highest BCUT2D eigenvalue weighted by molar-refractivity contribution is 9.10. The molecule has 0 atom stereocenters. The van der Waals surface area contributed by atoms with Gasteiger partial charge in [-0.1, -0.05) is 0 Å². The van der Waals surface area contributed by atoms with E-state index in [-0.39, 0.29) is 5.97 Å². The van der Waals surface area contributed by atoms with Crippen LogP contribution in [0.15, 0.2) is 16.9 Å². The predicted molar refractivity (Wildman–Crippen MR) is 55.9 cm³/mol. The molecular formula is C9H13BrN2O2. The molecule has 0 spiro atoms. The van der Waals surface area contributed by atoms with Crippen LogP contribution in [0.5, 0.6) is 0 Å². The van der Waals surface area contributed by atoms with Gasteiger partial charge in [0, 0.05) is 6.20 Å². The van der Waals surface area contributed by atoms with Crippen LogP contribution in [0, 0.1) is 0 Å². The normalized spacial score (nSPS) is 11.4. The number of carbonyl (C=O) groups excluding carboxylic acids is 1. The Morgan fingerprint density at radius 3 is 2.79 bits per heavy atom. The molecule has 5 heteroatoms. The Hall–Kier alpha value is -0.840. The van der Waals surface area contributed by atoms with Crippen molar-refractivity contribution in [3.63, 3.8) is 0 Å². The van der Waals surface area contributed by atoms with Gasteiger partial charge in [-0.15, -0.1) is 0 Å². The lowest BCUT2D eigenvalue weighted by Crippen LogP contribution is -2.37. The van der Waals surface area contributed by atoms with E-state index < -0.39 is 5.54 Å². The zero-order valence-electron chi connectivity index (χ0n) is 8.45. The first kappa shape index (κ1) is 11.2. The summed E-state index contributed by atoms with van der Waals surface area (Å²) in [4.78, 5) is 11.6. The van der Waals surface area contributed by atoms with Gasteiger partial charge in [-0.25, -0.2) is 4.79 Å². The zero-order chi connectivity index (χ0) is 10.8. The van der Waals surface area contributed by atoms with Crippen LogP contribution < -0.4 is 0 Å². The number of esters is 1. The van der Waals surface area contributed by atoms with Crippen molar-refractivity contribution in [3.8, 4) is 0 Å². The monoisotopic (exact) mass is 260 g/mol. The van der Waals surface area contributed by atoms with E-state index in [4.69, 9.17) is 4.74 Å². The number of aromatic nitrogens is 2. The largest absolute Gasteiger partial charge is 0.464 e. The number of hydrogen-bond acceptors (Lipinski definition) is 3. The topological polar surface area (TPSA) is 44.1 Å². The minimum Gasteiger partial charge on any atom is -0.464 e. The fourth-order valence-electron chi connectivity index (χ4n) is 1.01. The van der Waals surface area contributed by atoms with E-state index in [1.165, 1.54) is 0 Å². The highest BCUT2D eigenvalue weighted by atomic mass is 79.9. The zero-order valence-corrected chi connectivity index (χ0v) is 10.0. The summed E-state index contributed by atoms with van der Waals surface area (Å²) in [7, 11) is 0. The van der Waals surface area contributed by atoms with Gasteiger partial charge >= 0.3 is 5.97 Å². The maximum absolute atomic E-state index is 11.6. The first-order chi connectivity index (χ1) is 6.48. The highest BCUT2D eigenvalue weighted by Crippen LogP contribution is 2.18. The fourth-order valence-corrected chi connectivity index (χ4v) is 1.30. The number of nitrogens with zero attached hydrogens (tertiary/aromatic N) is 2. The maximum Gasteiger partial charge on any atom is 0.333 e. The minimum atomic E-state index is -0.762. The van der Waals surface area contributed by atoms with Crippen molar-refractivity contribution in [2.24, 2.45) is 0 Å². The summed E-state index contributed by atoms with van der Waals surface area (Å²) >= 11 is 3.23. The summed E-state index contributed by atoms with van der Waals surface area (Å²) in [5.41, 5.74) is -0.762. The molecular weight excluding hydrogens is 248 g/mol. The van der Waals surface area contributed by atoms with E-state index >= 15 is 0 Å². The molecule has 0 amide bonds. The molecule has 14 heavy (non-hydrogen) atoms. The van der Waals surface area contributed by atoms with Crippen LogP contribution in [-0.2, 0) is 15.1 Å². The molecule has 78 valence electrons. The average Bonchev–Trinajstić information content (AvgIpc) is 2.52. The van der Waals surface area contributed by atoms with Crippen molar-refractivity contribution in [1.82, 2.24) is 9.78 Å². The smallest absolute Gasteiger partial charge is 0.333 e. The van der Waals surface area contributed by atoms with Crippen molar-refractivity contribution >= 4 is 21.9 Å². The molecule has 0 aliphatic carbocycles. The summed E-state index contributed by atoms with van der Waals surface area (Å²) in [6.07, 6.45) is 1.74. The molecule has 1 aromatic heterocycles. The van der Waals surface area contributed by atoms with Crippen LogP contribution in [0.25, 0.3) is 0 Å². The second-order valence-corrected chi connectivity index (χ2v) is 4.17. The van der Waals surface area contributed by atoms with E-state index in [0.29, 0.717) is 11.2 Å². The van der Waals surface area contributed by atoms with Crippen molar-refractivity contribution in [1.29, 1.82) is 0 Å². The Labute approximate surface area is 91.4 Å². The highest BCUT2D eigenvalue weighted by Gasteiger charge is 2.31. The standard InChI is InChI=1S/C9H13BrN2O2/c1-4-14-8(13)9(2,3)12-6-5-7(10)11-12/h5-6H,4H2,1-3H3. The molecule has 1 heterocycles. The van der Waals surface area contributed by atoms with Crippen LogP contribution in [-0.4, -0.2) is 22.4 Å². The second kappa shape index (κ2) is 4.13. The fraction of sp³-hybridized carbons (Fsp3) is 0.556. The van der Waals surface area contributed by atoms with Gasteiger partial charge in [-0.3, -0.25) is 4.68 Å². The van der Waals surface area contributed by atoms with Gasteiger partial charge in [-0.05, 0) is 42.8 Å². The first-order valence-corrected chi connectivity index (χ1v) is 5.16. The number of halogens is 1. The van der Waals surface area contributed by atoms with E-state index in [1.54, 1.807) is 37.7 Å². The SMILES string of the molecule is CCOC(=O)C(C)(C)n1ccc(Br)n1. The van der Waals surface area contributed by atoms with Gasteiger partial charge in [0.15, 0.2) is 5.54 Å². The van der Waals surface area contributed by atoms with Gasteiger partial charge in [0.25, 0.3) is 0 Å². The molecule has 0 radical (unpaired) electrons. The minimum absolute atomic E-state index is 0.282. The van der Waals surface area contributed by atoms with Gasteiger partial charge in [0.05, 0.1) is 6.61 Å². The molecule has 1 rings (SSSR count). The quantitative estimate of drug-likeness (QED) is 0.781. The summed E-state index contributed by atoms with van der Waals surface area (Å²) in [5, 5.41) is 4.12. The predicted octanol–water partition coefficient (Wildman–Crippen LogP) is 1.94. The lowest BCUT2D eigenvalue weighted by Gasteiger charge is -2.22. The van der Waals surface area contributed by atoms with Gasteiger partial charge in [0.2, 0.25) is 0 Å². The third-order valence-corrected chi connectivity index (χ3v) is 2.33. The molecule has 0 bridgehead atoms. The number of rotatable bonds is 3. The molecule has 0 aliphatic heterocycles. The Balaban J connectivity index is 2.89. The second-order valence-electron chi connectivity index (χ2n) is 3.36. The molecule has 4 nitrogen and oxygen atoms in total. The maximum atomic E-state index is 11.6. The van der Waals surface area contributed by atoms with Crippen LogP contribution in [0.4, 0.5) is 0 Å². The molecule has 0 fully saturated rings. The summed E-state index contributed by atoms with van der Waals surface area (Å²) in [6, 6.07) is 1.78. The van der Waals surface area contributed by atoms with Crippen LogP contribution in [0.1, 0.15) is 20.8 Å². The Morgan fingerprint density at radius 1 is 1.71 bits per heavy atom. The number of hydrogen-bond donors (Lipinski definition) is 0. The first-order valence-electron chi connectivity index (χ1n) is 4.37. The van der Waals surface area contributed by atoms with E-state index in [1.807, 2.05) is 0 Å². The molecule has 0 N–H and O–H groups in total. The number of ether oxygens (including phenoxy) is 1. The number of carbonyl (C=O) groups is 1. The van der Waals surface area contributed by atoms with Crippen molar-refractivity contribution < 1.29 is 9.53 Å². The van der Waals surface area contributed by atoms with E-state index in [0.717, 1.165) is 0 Å². The summed E-state index contributed by atoms with van der Waals surface area (Å²) in [6.45, 7) is 5.70. The Bertz CT molecular complexity index is 333. The van der Waals surface area contributed by atoms with Gasteiger partial charge < -0.3 is 4.74 Å².